The van der Waals surface area contributed by atoms with Crippen molar-refractivity contribution in [1.82, 2.24) is 19.8 Å². The minimum absolute atomic E-state index is 0.437. The van der Waals surface area contributed by atoms with Gasteiger partial charge in [0, 0.05) is 43.6 Å². The van der Waals surface area contributed by atoms with Gasteiger partial charge in [-0.05, 0) is 43.5 Å². The summed E-state index contributed by atoms with van der Waals surface area (Å²) >= 11 is 0. The number of hydrogen-bond acceptors (Lipinski definition) is 5. The fraction of sp³-hybridized carbons (Fsp3) is 0.500. The zero-order chi connectivity index (χ0) is 17.1. The molecule has 0 amide bonds. The van der Waals surface area contributed by atoms with Gasteiger partial charge >= 0.3 is 6.01 Å². The van der Waals surface area contributed by atoms with Crippen LogP contribution in [0.5, 0.6) is 6.01 Å². The Morgan fingerprint density at radius 1 is 1.00 bits per heavy atom. The van der Waals surface area contributed by atoms with E-state index in [1.165, 1.54) is 25.8 Å². The monoisotopic (exact) mass is 338 g/mol. The Hall–Kier alpha value is -1.98. The molecule has 1 aliphatic heterocycles. The molecule has 0 bridgehead atoms. The summed E-state index contributed by atoms with van der Waals surface area (Å²) in [4.78, 5) is 13.7. The zero-order valence-electron chi connectivity index (χ0n) is 14.9. The van der Waals surface area contributed by atoms with Crippen molar-refractivity contribution in [2.24, 2.45) is 0 Å². The lowest BCUT2D eigenvalue weighted by molar-refractivity contribution is 0.200. The summed E-state index contributed by atoms with van der Waals surface area (Å²) in [6.45, 7) is 5.52. The van der Waals surface area contributed by atoms with Crippen molar-refractivity contribution in [2.75, 3.05) is 33.3 Å². The number of benzene rings is 1. The van der Waals surface area contributed by atoms with Gasteiger partial charge in [0.15, 0.2) is 0 Å². The molecule has 0 saturated carbocycles. The van der Waals surface area contributed by atoms with E-state index in [2.05, 4.69) is 44.0 Å². The average Bonchev–Trinajstić information content (AvgIpc) is 2.95. The molecule has 0 N–H and O–H groups in total. The highest BCUT2D eigenvalue weighted by atomic mass is 16.5. The van der Waals surface area contributed by atoms with Crippen molar-refractivity contribution in [1.29, 1.82) is 0 Å². The summed E-state index contributed by atoms with van der Waals surface area (Å²) in [6, 6.07) is 10.0. The zero-order valence-corrected chi connectivity index (χ0v) is 14.9. The Bertz CT molecular complexity index is 678. The van der Waals surface area contributed by atoms with Crippen LogP contribution in [-0.4, -0.2) is 59.1 Å². The average molecular weight is 338 g/mol. The first-order valence-electron chi connectivity index (χ1n) is 9.20. The van der Waals surface area contributed by atoms with Crippen molar-refractivity contribution < 1.29 is 4.74 Å². The van der Waals surface area contributed by atoms with Crippen LogP contribution >= 0.6 is 0 Å². The van der Waals surface area contributed by atoms with Crippen LogP contribution in [0.3, 0.4) is 0 Å². The number of hydrogen-bond donors (Lipinski definition) is 0. The maximum absolute atomic E-state index is 5.03. The van der Waals surface area contributed by atoms with Crippen molar-refractivity contribution >= 4 is 0 Å². The quantitative estimate of drug-likeness (QED) is 0.854. The lowest BCUT2D eigenvalue weighted by Gasteiger charge is -2.27. The van der Waals surface area contributed by atoms with Crippen molar-refractivity contribution in [3.05, 3.63) is 53.3 Å². The molecule has 4 rings (SSSR count). The topological polar surface area (TPSA) is 41.5 Å². The highest BCUT2D eigenvalue weighted by Gasteiger charge is 2.27. The Labute approximate surface area is 149 Å². The molecule has 2 aromatic rings. The molecule has 2 heterocycles. The van der Waals surface area contributed by atoms with Gasteiger partial charge in [0.2, 0.25) is 0 Å². The van der Waals surface area contributed by atoms with Gasteiger partial charge in [-0.2, -0.15) is 0 Å². The van der Waals surface area contributed by atoms with E-state index in [-0.39, 0.29) is 0 Å². The lowest BCUT2D eigenvalue weighted by Crippen LogP contribution is -2.38. The van der Waals surface area contributed by atoms with E-state index in [0.29, 0.717) is 12.1 Å². The number of methoxy groups -OCH3 is 1. The van der Waals surface area contributed by atoms with E-state index in [9.17, 15) is 0 Å². The predicted octanol–water partition coefficient (Wildman–Crippen LogP) is 2.16. The van der Waals surface area contributed by atoms with Crippen LogP contribution < -0.4 is 4.74 Å². The molecule has 1 saturated heterocycles. The first-order valence-corrected chi connectivity index (χ1v) is 9.20. The minimum atomic E-state index is 0.437. The molecule has 2 aliphatic rings. The molecular formula is C20H26N4O. The van der Waals surface area contributed by atoms with Crippen LogP contribution in [0, 0.1) is 0 Å². The summed E-state index contributed by atoms with van der Waals surface area (Å²) in [5.74, 6) is 0. The highest BCUT2D eigenvalue weighted by Crippen LogP contribution is 2.26. The van der Waals surface area contributed by atoms with Gasteiger partial charge in [-0.25, -0.2) is 9.97 Å². The molecule has 0 atom stereocenters. The number of fused-ring (bicyclic) bond motifs is 1. The Kier molecular flexibility index (Phi) is 4.95. The number of nitrogens with zero attached hydrogens (tertiary/aromatic N) is 4. The van der Waals surface area contributed by atoms with Gasteiger partial charge in [0.25, 0.3) is 0 Å². The number of ether oxygens (including phenoxy) is 1. The largest absolute Gasteiger partial charge is 0.467 e. The minimum Gasteiger partial charge on any atom is -0.467 e. The molecule has 132 valence electrons. The van der Waals surface area contributed by atoms with E-state index in [4.69, 9.17) is 4.74 Å². The van der Waals surface area contributed by atoms with Crippen molar-refractivity contribution in [3.8, 4) is 6.01 Å². The smallest absolute Gasteiger partial charge is 0.316 e. The van der Waals surface area contributed by atoms with E-state index in [1.54, 1.807) is 18.2 Å². The fourth-order valence-electron chi connectivity index (χ4n) is 4.10. The van der Waals surface area contributed by atoms with Gasteiger partial charge in [-0.3, -0.25) is 9.80 Å². The number of aromatic nitrogens is 2. The van der Waals surface area contributed by atoms with Crippen molar-refractivity contribution in [3.63, 3.8) is 0 Å². The van der Waals surface area contributed by atoms with Crippen LogP contribution in [0.15, 0.2) is 36.7 Å². The fourth-order valence-corrected chi connectivity index (χ4v) is 4.10. The van der Waals surface area contributed by atoms with Gasteiger partial charge in [-0.15, -0.1) is 0 Å². The molecule has 1 aliphatic carbocycles. The Morgan fingerprint density at radius 3 is 2.40 bits per heavy atom. The van der Waals surface area contributed by atoms with Gasteiger partial charge < -0.3 is 4.74 Å². The second kappa shape index (κ2) is 7.50. The SMILES string of the molecule is COc1ncc(CN2CCCN(C3Cc4ccccc4C3)CC2)cn1. The third kappa shape index (κ3) is 3.83. The van der Waals surface area contributed by atoms with E-state index in [0.717, 1.165) is 31.7 Å². The van der Waals surface area contributed by atoms with E-state index < -0.39 is 0 Å². The third-order valence-corrected chi connectivity index (χ3v) is 5.44. The van der Waals surface area contributed by atoms with Crippen LogP contribution in [0.4, 0.5) is 0 Å². The molecule has 1 fully saturated rings. The standard InChI is InChI=1S/C20H26N4O/c1-25-20-21-13-16(14-22-20)15-23-7-4-8-24(10-9-23)19-11-17-5-2-3-6-18(17)12-19/h2-3,5-6,13-14,19H,4,7-12,15H2,1H3. The van der Waals surface area contributed by atoms with Crippen molar-refractivity contribution in [2.45, 2.75) is 31.8 Å². The maximum atomic E-state index is 5.03. The highest BCUT2D eigenvalue weighted by molar-refractivity contribution is 5.33. The van der Waals surface area contributed by atoms with Crippen LogP contribution in [-0.2, 0) is 19.4 Å². The molecular weight excluding hydrogens is 312 g/mol. The van der Waals surface area contributed by atoms with Crippen LogP contribution in [0.2, 0.25) is 0 Å². The summed E-state index contributed by atoms with van der Waals surface area (Å²) in [5, 5.41) is 0. The summed E-state index contributed by atoms with van der Waals surface area (Å²) in [6.07, 6.45) is 7.40. The molecule has 25 heavy (non-hydrogen) atoms. The molecule has 5 nitrogen and oxygen atoms in total. The van der Waals surface area contributed by atoms with E-state index >= 15 is 0 Å². The molecule has 1 aromatic carbocycles. The maximum Gasteiger partial charge on any atom is 0.316 e. The molecule has 0 unspecified atom stereocenters. The lowest BCUT2D eigenvalue weighted by atomic mass is 10.1. The predicted molar refractivity (Wildman–Crippen MR) is 97.7 cm³/mol. The Morgan fingerprint density at radius 2 is 1.72 bits per heavy atom. The van der Waals surface area contributed by atoms with Crippen LogP contribution in [0.25, 0.3) is 0 Å². The van der Waals surface area contributed by atoms with Gasteiger partial charge in [0.05, 0.1) is 7.11 Å². The second-order valence-corrected chi connectivity index (χ2v) is 7.07. The van der Waals surface area contributed by atoms with Gasteiger partial charge in [0.1, 0.15) is 0 Å². The number of rotatable bonds is 4. The summed E-state index contributed by atoms with van der Waals surface area (Å²) in [7, 11) is 1.60. The molecule has 1 aromatic heterocycles. The second-order valence-electron chi connectivity index (χ2n) is 7.07. The summed E-state index contributed by atoms with van der Waals surface area (Å²) < 4.78 is 5.03. The first kappa shape index (κ1) is 16.5. The third-order valence-electron chi connectivity index (χ3n) is 5.44. The molecule has 5 heteroatoms. The van der Waals surface area contributed by atoms with Crippen LogP contribution in [0.1, 0.15) is 23.1 Å². The first-order chi connectivity index (χ1) is 12.3. The van der Waals surface area contributed by atoms with Gasteiger partial charge in [-0.1, -0.05) is 24.3 Å². The summed E-state index contributed by atoms with van der Waals surface area (Å²) in [5.41, 5.74) is 4.25. The normalized spacial score (nSPS) is 19.6. The Balaban J connectivity index is 1.33. The molecule has 0 radical (unpaired) electrons. The molecule has 0 spiro atoms. The van der Waals surface area contributed by atoms with E-state index in [1.807, 2.05) is 12.4 Å².